The highest BCUT2D eigenvalue weighted by atomic mass is 79.9. The van der Waals surface area contributed by atoms with Crippen LogP contribution in [0.4, 0.5) is 5.69 Å². The van der Waals surface area contributed by atoms with Crippen LogP contribution in [0.15, 0.2) is 64.1 Å². The Morgan fingerprint density at radius 2 is 1.72 bits per heavy atom. The molecule has 0 aliphatic heterocycles. The second-order valence-corrected chi connectivity index (χ2v) is 10.2. The van der Waals surface area contributed by atoms with Gasteiger partial charge in [-0.3, -0.25) is 4.98 Å². The van der Waals surface area contributed by atoms with Crippen LogP contribution in [0.1, 0.15) is 25.7 Å². The minimum Gasteiger partial charge on any atom is -0.382 e. The standard InChI is InChI=1S/C21H21BrClN3O2S/c22-18-3-1-2-4-21(18)29(27,28)26-16-8-6-15(7-9-16)25-19-11-12-24-20-13-14(23)5-10-17(19)20/h1-5,10-13,15-16,26H,6-9H2,(H,24,25). The van der Waals surface area contributed by atoms with Gasteiger partial charge in [0.1, 0.15) is 0 Å². The summed E-state index contributed by atoms with van der Waals surface area (Å²) in [7, 11) is -3.54. The smallest absolute Gasteiger partial charge is 0.241 e. The number of nitrogens with one attached hydrogen (secondary N) is 2. The van der Waals surface area contributed by atoms with Crippen molar-refractivity contribution in [3.63, 3.8) is 0 Å². The molecule has 1 aromatic heterocycles. The predicted octanol–water partition coefficient (Wildman–Crippen LogP) is 5.35. The van der Waals surface area contributed by atoms with Crippen LogP contribution in [0.2, 0.25) is 5.02 Å². The quantitative estimate of drug-likeness (QED) is 0.501. The third-order valence-corrected chi connectivity index (χ3v) is 8.01. The summed E-state index contributed by atoms with van der Waals surface area (Å²) in [4.78, 5) is 4.66. The Morgan fingerprint density at radius 1 is 1.00 bits per heavy atom. The maximum atomic E-state index is 12.7. The maximum Gasteiger partial charge on any atom is 0.241 e. The van der Waals surface area contributed by atoms with E-state index in [0.29, 0.717) is 15.5 Å². The molecule has 0 atom stereocenters. The number of anilines is 1. The molecule has 8 heteroatoms. The van der Waals surface area contributed by atoms with E-state index in [-0.39, 0.29) is 10.9 Å². The van der Waals surface area contributed by atoms with Crippen LogP contribution >= 0.6 is 27.5 Å². The number of fused-ring (bicyclic) bond motifs is 1. The first-order chi connectivity index (χ1) is 13.9. The van der Waals surface area contributed by atoms with Gasteiger partial charge in [0.25, 0.3) is 0 Å². The first-order valence-electron chi connectivity index (χ1n) is 9.50. The van der Waals surface area contributed by atoms with Gasteiger partial charge in [-0.15, -0.1) is 0 Å². The first-order valence-corrected chi connectivity index (χ1v) is 12.2. The van der Waals surface area contributed by atoms with E-state index >= 15 is 0 Å². The van der Waals surface area contributed by atoms with Gasteiger partial charge >= 0.3 is 0 Å². The molecule has 1 fully saturated rings. The molecule has 0 spiro atoms. The summed E-state index contributed by atoms with van der Waals surface area (Å²) in [5.74, 6) is 0. The first kappa shape index (κ1) is 20.6. The van der Waals surface area contributed by atoms with Crippen LogP contribution in [-0.2, 0) is 10.0 Å². The van der Waals surface area contributed by atoms with Crippen molar-refractivity contribution < 1.29 is 8.42 Å². The zero-order valence-electron chi connectivity index (χ0n) is 15.6. The van der Waals surface area contributed by atoms with Crippen molar-refractivity contribution in [2.24, 2.45) is 0 Å². The molecular formula is C21H21BrClN3O2S. The molecule has 3 aromatic rings. The van der Waals surface area contributed by atoms with Crippen LogP contribution in [-0.4, -0.2) is 25.5 Å². The lowest BCUT2D eigenvalue weighted by Crippen LogP contribution is -2.40. The average Bonchev–Trinajstić information content (AvgIpc) is 2.69. The van der Waals surface area contributed by atoms with Gasteiger partial charge in [0, 0.05) is 38.8 Å². The number of benzene rings is 2. The molecule has 4 rings (SSSR count). The zero-order chi connectivity index (χ0) is 20.4. The van der Waals surface area contributed by atoms with Gasteiger partial charge in [0.05, 0.1) is 10.4 Å². The van der Waals surface area contributed by atoms with Crippen LogP contribution in [0, 0.1) is 0 Å². The number of pyridine rings is 1. The normalized spacial score (nSPS) is 19.9. The second kappa shape index (κ2) is 8.60. The molecule has 1 saturated carbocycles. The molecule has 2 aromatic carbocycles. The molecule has 152 valence electrons. The second-order valence-electron chi connectivity index (χ2n) is 7.26. The number of sulfonamides is 1. The van der Waals surface area contributed by atoms with Crippen molar-refractivity contribution in [3.8, 4) is 0 Å². The molecule has 1 aliphatic rings. The fourth-order valence-electron chi connectivity index (χ4n) is 3.77. The van der Waals surface area contributed by atoms with E-state index in [1.807, 2.05) is 24.3 Å². The van der Waals surface area contributed by atoms with Crippen molar-refractivity contribution >= 4 is 54.1 Å². The van der Waals surface area contributed by atoms with Crippen LogP contribution < -0.4 is 10.0 Å². The average molecular weight is 495 g/mol. The summed E-state index contributed by atoms with van der Waals surface area (Å²) in [6, 6.07) is 14.8. The van der Waals surface area contributed by atoms with Crippen molar-refractivity contribution in [1.29, 1.82) is 0 Å². The van der Waals surface area contributed by atoms with Gasteiger partial charge in [0.15, 0.2) is 0 Å². The summed E-state index contributed by atoms with van der Waals surface area (Å²) in [6.07, 6.45) is 5.13. The third-order valence-electron chi connectivity index (χ3n) is 5.24. The minimum absolute atomic E-state index is 0.0573. The topological polar surface area (TPSA) is 71.1 Å². The Labute approximate surface area is 184 Å². The highest BCUT2D eigenvalue weighted by Gasteiger charge is 2.27. The van der Waals surface area contributed by atoms with Crippen LogP contribution in [0.25, 0.3) is 10.9 Å². The summed E-state index contributed by atoms with van der Waals surface area (Å²) in [5, 5.41) is 5.30. The molecule has 1 aliphatic carbocycles. The monoisotopic (exact) mass is 493 g/mol. The molecule has 0 unspecified atom stereocenters. The van der Waals surface area contributed by atoms with E-state index in [2.05, 4.69) is 31.0 Å². The number of aromatic nitrogens is 1. The van der Waals surface area contributed by atoms with Crippen molar-refractivity contribution in [1.82, 2.24) is 9.71 Å². The fourth-order valence-corrected chi connectivity index (χ4v) is 6.24. The SMILES string of the molecule is O=S(=O)(NC1CCC(Nc2ccnc3cc(Cl)ccc23)CC1)c1ccccc1Br. The van der Waals surface area contributed by atoms with Gasteiger partial charge in [-0.05, 0) is 78.0 Å². The minimum atomic E-state index is -3.54. The molecule has 0 radical (unpaired) electrons. The van der Waals surface area contributed by atoms with E-state index in [4.69, 9.17) is 11.6 Å². The van der Waals surface area contributed by atoms with Gasteiger partial charge in [-0.1, -0.05) is 23.7 Å². The molecule has 29 heavy (non-hydrogen) atoms. The van der Waals surface area contributed by atoms with Gasteiger partial charge in [0.2, 0.25) is 10.0 Å². The Morgan fingerprint density at radius 3 is 2.48 bits per heavy atom. The number of rotatable bonds is 5. The van der Waals surface area contributed by atoms with E-state index < -0.39 is 10.0 Å². The Bertz CT molecular complexity index is 1130. The lowest BCUT2D eigenvalue weighted by molar-refractivity contribution is 0.387. The lowest BCUT2D eigenvalue weighted by atomic mass is 9.91. The van der Waals surface area contributed by atoms with Crippen molar-refractivity contribution in [3.05, 3.63) is 64.2 Å². The number of hydrogen-bond acceptors (Lipinski definition) is 4. The zero-order valence-corrected chi connectivity index (χ0v) is 18.8. The predicted molar refractivity (Wildman–Crippen MR) is 121 cm³/mol. The van der Waals surface area contributed by atoms with Gasteiger partial charge < -0.3 is 5.32 Å². The van der Waals surface area contributed by atoms with E-state index in [1.165, 1.54) is 0 Å². The van der Waals surface area contributed by atoms with Gasteiger partial charge in [-0.25, -0.2) is 13.1 Å². The highest BCUT2D eigenvalue weighted by molar-refractivity contribution is 9.10. The Hall–Kier alpha value is -1.67. The van der Waals surface area contributed by atoms with E-state index in [1.54, 1.807) is 30.5 Å². The molecular weight excluding hydrogens is 474 g/mol. The van der Waals surface area contributed by atoms with Crippen molar-refractivity contribution in [2.45, 2.75) is 42.7 Å². The molecule has 5 nitrogen and oxygen atoms in total. The Balaban J connectivity index is 1.40. The molecule has 0 bridgehead atoms. The fraction of sp³-hybridized carbons (Fsp3) is 0.286. The Kier molecular flexibility index (Phi) is 6.11. The summed E-state index contributed by atoms with van der Waals surface area (Å²) in [5.41, 5.74) is 1.89. The summed E-state index contributed by atoms with van der Waals surface area (Å²) >= 11 is 9.39. The molecule has 2 N–H and O–H groups in total. The maximum absolute atomic E-state index is 12.7. The molecule has 1 heterocycles. The number of hydrogen-bond donors (Lipinski definition) is 2. The number of nitrogens with zero attached hydrogens (tertiary/aromatic N) is 1. The third kappa shape index (κ3) is 4.74. The lowest BCUT2D eigenvalue weighted by Gasteiger charge is -2.30. The largest absolute Gasteiger partial charge is 0.382 e. The van der Waals surface area contributed by atoms with E-state index in [0.717, 1.165) is 42.3 Å². The molecule has 0 saturated heterocycles. The van der Waals surface area contributed by atoms with Crippen LogP contribution in [0.5, 0.6) is 0 Å². The molecule has 0 amide bonds. The van der Waals surface area contributed by atoms with Gasteiger partial charge in [-0.2, -0.15) is 0 Å². The van der Waals surface area contributed by atoms with E-state index in [9.17, 15) is 8.42 Å². The summed E-state index contributed by atoms with van der Waals surface area (Å²) < 4.78 is 28.8. The highest BCUT2D eigenvalue weighted by Crippen LogP contribution is 2.29. The van der Waals surface area contributed by atoms with Crippen molar-refractivity contribution in [2.75, 3.05) is 5.32 Å². The summed E-state index contributed by atoms with van der Waals surface area (Å²) in [6.45, 7) is 0. The number of halogens is 2. The van der Waals surface area contributed by atoms with Crippen LogP contribution in [0.3, 0.4) is 0 Å².